The van der Waals surface area contributed by atoms with Crippen molar-refractivity contribution in [2.45, 2.75) is 19.4 Å². The zero-order chi connectivity index (χ0) is 12.8. The number of benzene rings is 1. The topological polar surface area (TPSA) is 47.0 Å². The van der Waals surface area contributed by atoms with Crippen molar-refractivity contribution in [1.29, 1.82) is 0 Å². The summed E-state index contributed by atoms with van der Waals surface area (Å²) >= 11 is 0. The number of ether oxygens (including phenoxy) is 1. The van der Waals surface area contributed by atoms with Gasteiger partial charge in [-0.2, -0.15) is 4.98 Å². The van der Waals surface area contributed by atoms with E-state index in [2.05, 4.69) is 34.3 Å². The van der Waals surface area contributed by atoms with E-state index in [9.17, 15) is 0 Å². The first-order chi connectivity index (χ1) is 8.83. The molecule has 2 aromatic rings. The minimum Gasteiger partial charge on any atom is -0.481 e. The summed E-state index contributed by atoms with van der Waals surface area (Å²) < 4.78 is 5.08. The molecule has 2 rings (SSSR count). The Bertz CT molecular complexity index is 487. The molecule has 0 fully saturated rings. The van der Waals surface area contributed by atoms with Crippen molar-refractivity contribution in [1.82, 2.24) is 9.97 Å². The third kappa shape index (κ3) is 2.97. The Morgan fingerprint density at radius 2 is 2.00 bits per heavy atom. The normalized spacial score (nSPS) is 11.9. The first-order valence-corrected chi connectivity index (χ1v) is 6.02. The lowest BCUT2D eigenvalue weighted by molar-refractivity contribution is 0.397. The van der Waals surface area contributed by atoms with Crippen LogP contribution in [0.2, 0.25) is 0 Å². The van der Waals surface area contributed by atoms with Gasteiger partial charge in [0.05, 0.1) is 13.2 Å². The van der Waals surface area contributed by atoms with Crippen LogP contribution in [0.3, 0.4) is 0 Å². The molecule has 1 unspecified atom stereocenters. The number of anilines is 1. The van der Waals surface area contributed by atoms with Crippen LogP contribution in [-0.2, 0) is 0 Å². The molecular formula is C14H17N3O. The second kappa shape index (κ2) is 6.00. The summed E-state index contributed by atoms with van der Waals surface area (Å²) in [6, 6.07) is 12.2. The van der Waals surface area contributed by atoms with Crippen LogP contribution in [0.4, 0.5) is 5.95 Å². The fourth-order valence-electron chi connectivity index (χ4n) is 1.79. The molecule has 0 amide bonds. The van der Waals surface area contributed by atoms with E-state index < -0.39 is 0 Å². The van der Waals surface area contributed by atoms with Crippen molar-refractivity contribution < 1.29 is 4.74 Å². The molecule has 1 N–H and O–H groups in total. The predicted molar refractivity (Wildman–Crippen MR) is 71.7 cm³/mol. The highest BCUT2D eigenvalue weighted by molar-refractivity contribution is 5.33. The van der Waals surface area contributed by atoms with Gasteiger partial charge in [-0.1, -0.05) is 37.3 Å². The molecule has 0 saturated heterocycles. The van der Waals surface area contributed by atoms with E-state index in [-0.39, 0.29) is 6.04 Å². The molecule has 0 saturated carbocycles. The van der Waals surface area contributed by atoms with E-state index in [0.717, 1.165) is 6.42 Å². The zero-order valence-electron chi connectivity index (χ0n) is 10.6. The van der Waals surface area contributed by atoms with Crippen LogP contribution >= 0.6 is 0 Å². The van der Waals surface area contributed by atoms with Crippen molar-refractivity contribution >= 4 is 5.95 Å². The lowest BCUT2D eigenvalue weighted by atomic mass is 10.1. The highest BCUT2D eigenvalue weighted by Crippen LogP contribution is 2.20. The van der Waals surface area contributed by atoms with Crippen LogP contribution in [0.5, 0.6) is 5.88 Å². The molecule has 0 bridgehead atoms. The summed E-state index contributed by atoms with van der Waals surface area (Å²) in [6.07, 6.45) is 2.65. The highest BCUT2D eigenvalue weighted by Gasteiger charge is 2.10. The largest absolute Gasteiger partial charge is 0.481 e. The molecule has 0 spiro atoms. The van der Waals surface area contributed by atoms with Gasteiger partial charge in [0.2, 0.25) is 11.8 Å². The van der Waals surface area contributed by atoms with Gasteiger partial charge in [0, 0.05) is 12.3 Å². The van der Waals surface area contributed by atoms with Gasteiger partial charge in [0.15, 0.2) is 0 Å². The van der Waals surface area contributed by atoms with E-state index >= 15 is 0 Å². The minimum atomic E-state index is 0.207. The second-order valence-electron chi connectivity index (χ2n) is 3.94. The first kappa shape index (κ1) is 12.4. The molecule has 18 heavy (non-hydrogen) atoms. The standard InChI is InChI=1S/C14H17N3O/c1-3-12(11-7-5-4-6-8-11)16-14-15-10-9-13(17-14)18-2/h4-10,12H,3H2,1-2H3,(H,15,16,17). The minimum absolute atomic E-state index is 0.207. The van der Waals surface area contributed by atoms with Crippen molar-refractivity contribution in [3.8, 4) is 5.88 Å². The molecule has 0 aliphatic heterocycles. The van der Waals surface area contributed by atoms with Crippen molar-refractivity contribution in [2.24, 2.45) is 0 Å². The Labute approximate surface area is 107 Å². The van der Waals surface area contributed by atoms with Crippen LogP contribution in [0.25, 0.3) is 0 Å². The molecular weight excluding hydrogens is 226 g/mol. The van der Waals surface area contributed by atoms with Crippen molar-refractivity contribution in [3.05, 3.63) is 48.2 Å². The summed E-state index contributed by atoms with van der Waals surface area (Å²) in [7, 11) is 1.60. The lowest BCUT2D eigenvalue weighted by Crippen LogP contribution is -2.12. The number of nitrogens with zero attached hydrogens (tertiary/aromatic N) is 2. The van der Waals surface area contributed by atoms with Gasteiger partial charge in [-0.05, 0) is 12.0 Å². The predicted octanol–water partition coefficient (Wildman–Crippen LogP) is 3.05. The van der Waals surface area contributed by atoms with E-state index in [1.807, 2.05) is 18.2 Å². The lowest BCUT2D eigenvalue weighted by Gasteiger charge is -2.17. The number of rotatable bonds is 5. The van der Waals surface area contributed by atoms with E-state index in [1.54, 1.807) is 19.4 Å². The Morgan fingerprint density at radius 1 is 1.22 bits per heavy atom. The summed E-state index contributed by atoms with van der Waals surface area (Å²) in [6.45, 7) is 2.13. The molecule has 0 radical (unpaired) electrons. The summed E-state index contributed by atoms with van der Waals surface area (Å²) in [5.41, 5.74) is 1.23. The van der Waals surface area contributed by atoms with Crippen LogP contribution in [0.1, 0.15) is 24.9 Å². The number of aromatic nitrogens is 2. The Balaban J connectivity index is 2.15. The molecule has 4 nitrogen and oxygen atoms in total. The Hall–Kier alpha value is -2.10. The highest BCUT2D eigenvalue weighted by atomic mass is 16.5. The maximum Gasteiger partial charge on any atom is 0.226 e. The smallest absolute Gasteiger partial charge is 0.226 e. The van der Waals surface area contributed by atoms with Crippen LogP contribution in [0, 0.1) is 0 Å². The van der Waals surface area contributed by atoms with E-state index in [0.29, 0.717) is 11.8 Å². The van der Waals surface area contributed by atoms with Gasteiger partial charge in [-0.25, -0.2) is 4.98 Å². The molecule has 0 aliphatic carbocycles. The Morgan fingerprint density at radius 3 is 2.67 bits per heavy atom. The van der Waals surface area contributed by atoms with Gasteiger partial charge in [0.1, 0.15) is 0 Å². The fraction of sp³-hybridized carbons (Fsp3) is 0.286. The van der Waals surface area contributed by atoms with Crippen LogP contribution in [-0.4, -0.2) is 17.1 Å². The fourth-order valence-corrected chi connectivity index (χ4v) is 1.79. The number of methoxy groups -OCH3 is 1. The number of hydrogen-bond acceptors (Lipinski definition) is 4. The second-order valence-corrected chi connectivity index (χ2v) is 3.94. The maximum absolute atomic E-state index is 5.08. The number of nitrogens with one attached hydrogen (secondary N) is 1. The maximum atomic E-state index is 5.08. The molecule has 94 valence electrons. The van der Waals surface area contributed by atoms with Crippen molar-refractivity contribution in [3.63, 3.8) is 0 Å². The van der Waals surface area contributed by atoms with Gasteiger partial charge >= 0.3 is 0 Å². The quantitative estimate of drug-likeness (QED) is 0.876. The Kier molecular flexibility index (Phi) is 4.12. The summed E-state index contributed by atoms with van der Waals surface area (Å²) in [4.78, 5) is 8.46. The van der Waals surface area contributed by atoms with Gasteiger partial charge in [0.25, 0.3) is 0 Å². The van der Waals surface area contributed by atoms with Gasteiger partial charge < -0.3 is 10.1 Å². The van der Waals surface area contributed by atoms with Gasteiger partial charge in [-0.3, -0.25) is 0 Å². The van der Waals surface area contributed by atoms with Crippen LogP contribution in [0.15, 0.2) is 42.6 Å². The molecule has 1 atom stereocenters. The molecule has 0 aliphatic rings. The van der Waals surface area contributed by atoms with Gasteiger partial charge in [-0.15, -0.1) is 0 Å². The summed E-state index contributed by atoms with van der Waals surface area (Å²) in [5, 5.41) is 3.32. The average Bonchev–Trinajstić information content (AvgIpc) is 2.46. The van der Waals surface area contributed by atoms with Crippen molar-refractivity contribution in [2.75, 3.05) is 12.4 Å². The zero-order valence-corrected chi connectivity index (χ0v) is 10.6. The average molecular weight is 243 g/mol. The van der Waals surface area contributed by atoms with E-state index in [4.69, 9.17) is 4.74 Å². The third-order valence-corrected chi connectivity index (χ3v) is 2.75. The molecule has 4 heteroatoms. The molecule has 1 heterocycles. The molecule has 1 aromatic heterocycles. The summed E-state index contributed by atoms with van der Waals surface area (Å²) in [5.74, 6) is 1.15. The number of hydrogen-bond donors (Lipinski definition) is 1. The monoisotopic (exact) mass is 243 g/mol. The first-order valence-electron chi connectivity index (χ1n) is 6.02. The molecule has 1 aromatic carbocycles. The van der Waals surface area contributed by atoms with E-state index in [1.165, 1.54) is 5.56 Å². The van der Waals surface area contributed by atoms with Crippen LogP contribution < -0.4 is 10.1 Å². The SMILES string of the molecule is CCC(Nc1nccc(OC)n1)c1ccccc1. The third-order valence-electron chi connectivity index (χ3n) is 2.75.